The van der Waals surface area contributed by atoms with Gasteiger partial charge in [-0.1, -0.05) is 28.9 Å². The summed E-state index contributed by atoms with van der Waals surface area (Å²) in [6.45, 7) is 1.12. The quantitative estimate of drug-likeness (QED) is 0.884. The molecule has 134 valence electrons. The lowest BCUT2D eigenvalue weighted by Crippen LogP contribution is -2.38. The lowest BCUT2D eigenvalue weighted by molar-refractivity contribution is -0.137. The molecule has 1 fully saturated rings. The first-order chi connectivity index (χ1) is 11.9. The average Bonchev–Trinajstić information content (AvgIpc) is 2.97. The summed E-state index contributed by atoms with van der Waals surface area (Å²) in [7, 11) is 0. The number of aromatic nitrogens is 1. The van der Waals surface area contributed by atoms with Gasteiger partial charge in [-0.05, 0) is 25.0 Å². The molecule has 2 aromatic rings. The Morgan fingerprint density at radius 2 is 1.84 bits per heavy atom. The van der Waals surface area contributed by atoms with Gasteiger partial charge in [-0.25, -0.2) is 0 Å². The molecule has 0 saturated carbocycles. The average molecular weight is 375 g/mol. The van der Waals surface area contributed by atoms with E-state index in [1.54, 1.807) is 0 Å². The summed E-state index contributed by atoms with van der Waals surface area (Å²) in [4.78, 5) is 12.2. The van der Waals surface area contributed by atoms with Crippen LogP contribution in [0.25, 0.3) is 11.3 Å². The smallest absolute Gasteiger partial charge is 0.381 e. The van der Waals surface area contributed by atoms with E-state index in [9.17, 15) is 18.0 Å². The Labute approximate surface area is 146 Å². The monoisotopic (exact) mass is 374 g/mol. The molecule has 2 heterocycles. The molecule has 1 aromatic heterocycles. The Bertz CT molecular complexity index is 753. The van der Waals surface area contributed by atoms with Crippen molar-refractivity contribution >= 4 is 17.5 Å². The number of halogens is 4. The van der Waals surface area contributed by atoms with Gasteiger partial charge in [-0.2, -0.15) is 13.2 Å². The Hall–Kier alpha value is -2.06. The summed E-state index contributed by atoms with van der Waals surface area (Å²) in [5.41, 5.74) is -0.340. The van der Waals surface area contributed by atoms with Crippen molar-refractivity contribution in [2.75, 3.05) is 13.2 Å². The lowest BCUT2D eigenvalue weighted by atomic mass is 10.1. The molecule has 3 rings (SSSR count). The van der Waals surface area contributed by atoms with Crippen LogP contribution in [-0.2, 0) is 10.9 Å². The molecule has 1 aliphatic heterocycles. The van der Waals surface area contributed by atoms with E-state index in [0.717, 1.165) is 12.1 Å². The summed E-state index contributed by atoms with van der Waals surface area (Å²) in [5.74, 6) is -0.675. The second-order valence-corrected chi connectivity index (χ2v) is 5.99. The number of rotatable bonds is 3. The van der Waals surface area contributed by atoms with Crippen molar-refractivity contribution in [1.82, 2.24) is 10.5 Å². The number of amides is 1. The van der Waals surface area contributed by atoms with Crippen molar-refractivity contribution in [3.63, 3.8) is 0 Å². The first kappa shape index (κ1) is 17.8. The van der Waals surface area contributed by atoms with Crippen molar-refractivity contribution in [3.05, 3.63) is 40.6 Å². The predicted octanol–water partition coefficient (Wildman–Crippen LogP) is 3.92. The van der Waals surface area contributed by atoms with Crippen molar-refractivity contribution in [1.29, 1.82) is 0 Å². The maximum absolute atomic E-state index is 12.6. The number of benzene rings is 1. The fourth-order valence-corrected chi connectivity index (χ4v) is 2.77. The zero-order chi connectivity index (χ0) is 18.0. The van der Waals surface area contributed by atoms with Crippen molar-refractivity contribution in [3.8, 4) is 11.3 Å². The molecule has 5 nitrogen and oxygen atoms in total. The zero-order valence-electron chi connectivity index (χ0n) is 12.9. The molecule has 1 aliphatic rings. The van der Waals surface area contributed by atoms with E-state index in [4.69, 9.17) is 20.9 Å². The summed E-state index contributed by atoms with van der Waals surface area (Å²) >= 11 is 6.14. The van der Waals surface area contributed by atoms with E-state index >= 15 is 0 Å². The van der Waals surface area contributed by atoms with Gasteiger partial charge >= 0.3 is 6.18 Å². The fraction of sp³-hybridized carbons (Fsp3) is 0.375. The van der Waals surface area contributed by atoms with E-state index < -0.39 is 17.6 Å². The molecule has 0 aliphatic carbocycles. The third-order valence-corrected chi connectivity index (χ3v) is 4.23. The number of ether oxygens (including phenoxy) is 1. The minimum atomic E-state index is -4.43. The summed E-state index contributed by atoms with van der Waals surface area (Å²) in [6.07, 6.45) is -3.06. The maximum atomic E-state index is 12.6. The number of nitrogens with one attached hydrogen (secondary N) is 1. The molecular weight excluding hydrogens is 361 g/mol. The normalized spacial score (nSPS) is 16.0. The first-order valence-corrected chi connectivity index (χ1v) is 7.95. The van der Waals surface area contributed by atoms with E-state index in [0.29, 0.717) is 31.6 Å². The number of carbonyl (C=O) groups is 1. The second kappa shape index (κ2) is 7.05. The second-order valence-electron chi connectivity index (χ2n) is 5.61. The largest absolute Gasteiger partial charge is 0.416 e. The highest BCUT2D eigenvalue weighted by Gasteiger charge is 2.30. The first-order valence-electron chi connectivity index (χ1n) is 7.57. The molecular formula is C16H14ClF3N2O3. The van der Waals surface area contributed by atoms with Crippen LogP contribution in [0.5, 0.6) is 0 Å². The molecule has 0 unspecified atom stereocenters. The van der Waals surface area contributed by atoms with Gasteiger partial charge in [0, 0.05) is 24.8 Å². The van der Waals surface area contributed by atoms with Crippen LogP contribution >= 0.6 is 11.6 Å². The topological polar surface area (TPSA) is 64.4 Å². The van der Waals surface area contributed by atoms with Gasteiger partial charge in [0.15, 0.2) is 0 Å². The van der Waals surface area contributed by atoms with Crippen LogP contribution in [0.1, 0.15) is 29.0 Å². The van der Waals surface area contributed by atoms with E-state index in [-0.39, 0.29) is 22.5 Å². The Morgan fingerprint density at radius 3 is 2.44 bits per heavy atom. The van der Waals surface area contributed by atoms with Crippen LogP contribution in [0.3, 0.4) is 0 Å². The number of carbonyl (C=O) groups excluding carboxylic acids is 1. The Morgan fingerprint density at radius 1 is 1.20 bits per heavy atom. The molecule has 25 heavy (non-hydrogen) atoms. The van der Waals surface area contributed by atoms with Crippen LogP contribution < -0.4 is 5.32 Å². The highest BCUT2D eigenvalue weighted by molar-refractivity contribution is 6.35. The molecule has 0 spiro atoms. The molecule has 1 aromatic carbocycles. The Balaban J connectivity index is 1.77. The van der Waals surface area contributed by atoms with Gasteiger partial charge in [-0.3, -0.25) is 4.79 Å². The fourth-order valence-electron chi connectivity index (χ4n) is 2.51. The van der Waals surface area contributed by atoms with Crippen LogP contribution in [-0.4, -0.2) is 30.3 Å². The number of alkyl halides is 3. The zero-order valence-corrected chi connectivity index (χ0v) is 13.7. The van der Waals surface area contributed by atoms with Gasteiger partial charge < -0.3 is 14.6 Å². The van der Waals surface area contributed by atoms with Gasteiger partial charge in [0.05, 0.1) is 5.56 Å². The van der Waals surface area contributed by atoms with Crippen LogP contribution in [0.2, 0.25) is 5.02 Å². The number of nitrogens with zero attached hydrogens (tertiary/aromatic N) is 1. The van der Waals surface area contributed by atoms with E-state index in [2.05, 4.69) is 10.5 Å². The van der Waals surface area contributed by atoms with Crippen molar-refractivity contribution in [2.45, 2.75) is 25.1 Å². The molecule has 0 radical (unpaired) electrons. The molecule has 0 bridgehead atoms. The molecule has 1 saturated heterocycles. The predicted molar refractivity (Wildman–Crippen MR) is 83.3 cm³/mol. The summed E-state index contributed by atoms with van der Waals surface area (Å²) in [5, 5.41) is 6.46. The van der Waals surface area contributed by atoms with Crippen LogP contribution in [0.4, 0.5) is 13.2 Å². The summed E-state index contributed by atoms with van der Waals surface area (Å²) < 4.78 is 48.1. The molecule has 9 heteroatoms. The molecule has 1 N–H and O–H groups in total. The van der Waals surface area contributed by atoms with Crippen LogP contribution in [0.15, 0.2) is 28.8 Å². The van der Waals surface area contributed by atoms with Crippen molar-refractivity contribution in [2.24, 2.45) is 0 Å². The summed E-state index contributed by atoms with van der Waals surface area (Å²) in [6, 6.07) is 4.25. The maximum Gasteiger partial charge on any atom is 0.416 e. The van der Waals surface area contributed by atoms with Gasteiger partial charge in [0.1, 0.15) is 10.7 Å². The van der Waals surface area contributed by atoms with Gasteiger partial charge in [0.25, 0.3) is 5.91 Å². The van der Waals surface area contributed by atoms with Gasteiger partial charge in [0.2, 0.25) is 5.76 Å². The van der Waals surface area contributed by atoms with E-state index in [1.165, 1.54) is 12.1 Å². The minimum Gasteiger partial charge on any atom is -0.381 e. The third kappa shape index (κ3) is 3.96. The highest BCUT2D eigenvalue weighted by Crippen LogP contribution is 2.34. The SMILES string of the molecule is O=C(NC1CCOCC1)c1onc(-c2ccc(C(F)(F)F)cc2)c1Cl. The third-order valence-electron chi connectivity index (χ3n) is 3.88. The van der Waals surface area contributed by atoms with Gasteiger partial charge in [-0.15, -0.1) is 0 Å². The standard InChI is InChI=1S/C16H14ClF3N2O3/c17-12-13(9-1-3-10(4-2-9)16(18,19)20)22-25-14(12)15(23)21-11-5-7-24-8-6-11/h1-4,11H,5-8H2,(H,21,23). The minimum absolute atomic E-state index is 0.0377. The van der Waals surface area contributed by atoms with E-state index in [1.807, 2.05) is 0 Å². The molecule has 1 amide bonds. The van der Waals surface area contributed by atoms with Crippen LogP contribution in [0, 0.1) is 0 Å². The number of hydrogen-bond donors (Lipinski definition) is 1. The lowest BCUT2D eigenvalue weighted by Gasteiger charge is -2.22. The Kier molecular flexibility index (Phi) is 5.01. The highest BCUT2D eigenvalue weighted by atomic mass is 35.5. The molecule has 0 atom stereocenters. The number of hydrogen-bond acceptors (Lipinski definition) is 4. The van der Waals surface area contributed by atoms with Crippen molar-refractivity contribution < 1.29 is 27.2 Å².